The second kappa shape index (κ2) is 8.52. The summed E-state index contributed by atoms with van der Waals surface area (Å²) >= 11 is 0. The highest BCUT2D eigenvalue weighted by Gasteiger charge is 2.15. The zero-order valence-corrected chi connectivity index (χ0v) is 11.0. The molecule has 86 valence electrons. The highest BCUT2D eigenvalue weighted by Crippen LogP contribution is 2.32. The molecule has 1 aliphatic carbocycles. The molecule has 1 atom stereocenters. The van der Waals surface area contributed by atoms with Crippen molar-refractivity contribution >= 4 is 0 Å². The third-order valence-corrected chi connectivity index (χ3v) is 2.73. The molecule has 0 heteroatoms. The summed E-state index contributed by atoms with van der Waals surface area (Å²) in [6, 6.07) is 0. The summed E-state index contributed by atoms with van der Waals surface area (Å²) in [6.45, 7) is 10.6. The van der Waals surface area contributed by atoms with Crippen molar-refractivity contribution in [2.75, 3.05) is 0 Å². The Balaban J connectivity index is 0.000000921. The number of allylic oxidation sites excluding steroid dienone is 6. The first-order valence-electron chi connectivity index (χ1n) is 6.25. The maximum absolute atomic E-state index is 2.34. The molecule has 0 spiro atoms. The first-order chi connectivity index (χ1) is 7.27. The second-order valence-corrected chi connectivity index (χ2v) is 3.88. The quantitative estimate of drug-likeness (QED) is 0.547. The normalized spacial score (nSPS) is 26.9. The van der Waals surface area contributed by atoms with E-state index in [0.717, 1.165) is 5.92 Å². The molecular weight excluding hydrogens is 180 g/mol. The molecule has 0 nitrogen and oxygen atoms in total. The Bertz CT molecular complexity index is 241. The minimum Gasteiger partial charge on any atom is -0.0877 e. The van der Waals surface area contributed by atoms with Crippen molar-refractivity contribution in [2.45, 2.75) is 53.9 Å². The van der Waals surface area contributed by atoms with E-state index < -0.39 is 0 Å². The first kappa shape index (κ1) is 14.2. The molecule has 0 heterocycles. The van der Waals surface area contributed by atoms with Crippen LogP contribution >= 0.6 is 0 Å². The van der Waals surface area contributed by atoms with Gasteiger partial charge in [-0.15, -0.1) is 0 Å². The molecular formula is C15H26. The molecule has 0 aromatic carbocycles. The van der Waals surface area contributed by atoms with E-state index in [1.54, 1.807) is 11.1 Å². The van der Waals surface area contributed by atoms with Crippen LogP contribution in [0.3, 0.4) is 0 Å². The van der Waals surface area contributed by atoms with E-state index in [2.05, 4.69) is 45.1 Å². The van der Waals surface area contributed by atoms with Crippen molar-refractivity contribution in [3.05, 3.63) is 35.5 Å². The lowest BCUT2D eigenvalue weighted by atomic mass is 9.82. The van der Waals surface area contributed by atoms with Crippen LogP contribution in [0, 0.1) is 5.92 Å². The fourth-order valence-electron chi connectivity index (χ4n) is 1.88. The molecule has 0 bridgehead atoms. The standard InChI is InChI=1S/C13H20.C2H6/c1-4-6-7-13-9-8-11(3)10-12(13)5-2;1-2/h4-7,11H,8-10H2,1-3H3;1-2H3/b6-4-,12-5-,13-7-;. The zero-order valence-electron chi connectivity index (χ0n) is 11.0. The Morgan fingerprint density at radius 3 is 2.33 bits per heavy atom. The van der Waals surface area contributed by atoms with Gasteiger partial charge in [0.15, 0.2) is 0 Å². The lowest BCUT2D eigenvalue weighted by Crippen LogP contribution is -2.07. The van der Waals surface area contributed by atoms with E-state index in [1.165, 1.54) is 19.3 Å². The number of hydrogen-bond acceptors (Lipinski definition) is 0. The predicted molar refractivity (Wildman–Crippen MR) is 71.0 cm³/mol. The van der Waals surface area contributed by atoms with Gasteiger partial charge in [0.1, 0.15) is 0 Å². The topological polar surface area (TPSA) is 0 Å². The Morgan fingerprint density at radius 2 is 1.80 bits per heavy atom. The summed E-state index contributed by atoms with van der Waals surface area (Å²) in [4.78, 5) is 0. The van der Waals surface area contributed by atoms with Gasteiger partial charge in [-0.1, -0.05) is 45.1 Å². The Morgan fingerprint density at radius 1 is 1.13 bits per heavy atom. The zero-order chi connectivity index (χ0) is 11.7. The molecule has 1 saturated carbocycles. The van der Waals surface area contributed by atoms with Crippen LogP contribution in [0.1, 0.15) is 53.9 Å². The molecule has 1 fully saturated rings. The van der Waals surface area contributed by atoms with Crippen LogP contribution < -0.4 is 0 Å². The van der Waals surface area contributed by atoms with Crippen molar-refractivity contribution in [3.8, 4) is 0 Å². The van der Waals surface area contributed by atoms with Crippen LogP contribution in [0.25, 0.3) is 0 Å². The third-order valence-electron chi connectivity index (χ3n) is 2.73. The van der Waals surface area contributed by atoms with Crippen molar-refractivity contribution in [3.63, 3.8) is 0 Å². The van der Waals surface area contributed by atoms with Crippen LogP contribution in [0.15, 0.2) is 35.5 Å². The van der Waals surface area contributed by atoms with Gasteiger partial charge in [-0.3, -0.25) is 0 Å². The molecule has 0 radical (unpaired) electrons. The van der Waals surface area contributed by atoms with E-state index in [4.69, 9.17) is 0 Å². The Hall–Kier alpha value is -0.780. The van der Waals surface area contributed by atoms with Crippen molar-refractivity contribution < 1.29 is 0 Å². The summed E-state index contributed by atoms with van der Waals surface area (Å²) in [5, 5.41) is 0. The van der Waals surface area contributed by atoms with Gasteiger partial charge in [0.25, 0.3) is 0 Å². The molecule has 15 heavy (non-hydrogen) atoms. The molecule has 0 N–H and O–H groups in total. The average molecular weight is 206 g/mol. The van der Waals surface area contributed by atoms with Crippen LogP contribution in [-0.4, -0.2) is 0 Å². The van der Waals surface area contributed by atoms with Gasteiger partial charge in [0, 0.05) is 0 Å². The van der Waals surface area contributed by atoms with Crippen LogP contribution in [0.2, 0.25) is 0 Å². The van der Waals surface area contributed by atoms with Crippen LogP contribution in [-0.2, 0) is 0 Å². The fourth-order valence-corrected chi connectivity index (χ4v) is 1.88. The molecule has 1 unspecified atom stereocenters. The second-order valence-electron chi connectivity index (χ2n) is 3.88. The van der Waals surface area contributed by atoms with E-state index in [0.29, 0.717) is 0 Å². The Kier molecular flexibility index (Phi) is 8.08. The minimum absolute atomic E-state index is 0.869. The maximum Gasteiger partial charge on any atom is -0.0253 e. The van der Waals surface area contributed by atoms with Gasteiger partial charge in [0.2, 0.25) is 0 Å². The molecule has 1 rings (SSSR count). The summed E-state index contributed by atoms with van der Waals surface area (Å²) in [5.41, 5.74) is 3.09. The first-order valence-corrected chi connectivity index (χ1v) is 6.25. The summed E-state index contributed by atoms with van der Waals surface area (Å²) < 4.78 is 0. The molecule has 0 aromatic heterocycles. The van der Waals surface area contributed by atoms with Crippen molar-refractivity contribution in [2.24, 2.45) is 5.92 Å². The van der Waals surface area contributed by atoms with Gasteiger partial charge in [-0.05, 0) is 50.2 Å². The van der Waals surface area contributed by atoms with Gasteiger partial charge in [0.05, 0.1) is 0 Å². The average Bonchev–Trinajstić information content (AvgIpc) is 2.30. The summed E-state index contributed by atoms with van der Waals surface area (Å²) in [7, 11) is 0. The lowest BCUT2D eigenvalue weighted by molar-refractivity contribution is 0.497. The van der Waals surface area contributed by atoms with E-state index in [1.807, 2.05) is 13.8 Å². The largest absolute Gasteiger partial charge is 0.0877 e. The Labute approximate surface area is 95.8 Å². The lowest BCUT2D eigenvalue weighted by Gasteiger charge is -2.23. The molecule has 0 amide bonds. The SMILES string of the molecule is CC.C\C=C/C=C1/CCC(C)C/C1=C/C. The van der Waals surface area contributed by atoms with Crippen LogP contribution in [0.5, 0.6) is 0 Å². The smallest absolute Gasteiger partial charge is 0.0253 e. The van der Waals surface area contributed by atoms with Gasteiger partial charge >= 0.3 is 0 Å². The third kappa shape index (κ3) is 5.01. The molecule has 1 aliphatic rings. The van der Waals surface area contributed by atoms with Gasteiger partial charge < -0.3 is 0 Å². The minimum atomic E-state index is 0.869. The number of hydrogen-bond donors (Lipinski definition) is 0. The molecule has 0 saturated heterocycles. The van der Waals surface area contributed by atoms with E-state index >= 15 is 0 Å². The monoisotopic (exact) mass is 206 g/mol. The maximum atomic E-state index is 2.34. The molecule has 0 aromatic rings. The van der Waals surface area contributed by atoms with Crippen molar-refractivity contribution in [1.29, 1.82) is 0 Å². The predicted octanol–water partition coefficient (Wildman–Crippen LogP) is 5.28. The summed E-state index contributed by atoms with van der Waals surface area (Å²) in [5.74, 6) is 0.869. The van der Waals surface area contributed by atoms with E-state index in [9.17, 15) is 0 Å². The van der Waals surface area contributed by atoms with Gasteiger partial charge in [-0.25, -0.2) is 0 Å². The number of rotatable bonds is 1. The highest BCUT2D eigenvalue weighted by atomic mass is 14.2. The highest BCUT2D eigenvalue weighted by molar-refractivity contribution is 5.35. The summed E-state index contributed by atoms with van der Waals surface area (Å²) in [6.07, 6.45) is 12.6. The van der Waals surface area contributed by atoms with E-state index in [-0.39, 0.29) is 0 Å². The molecule has 0 aliphatic heterocycles. The van der Waals surface area contributed by atoms with Gasteiger partial charge in [-0.2, -0.15) is 0 Å². The fraction of sp³-hybridized carbons (Fsp3) is 0.600. The van der Waals surface area contributed by atoms with Crippen LogP contribution in [0.4, 0.5) is 0 Å². The van der Waals surface area contributed by atoms with Crippen molar-refractivity contribution in [1.82, 2.24) is 0 Å².